The second-order valence-corrected chi connectivity index (χ2v) is 5.12. The van der Waals surface area contributed by atoms with E-state index in [1.807, 2.05) is 48.5 Å². The zero-order valence-electron chi connectivity index (χ0n) is 11.9. The number of carbonyl (C=O) groups excluding carboxylic acids is 1. The van der Waals surface area contributed by atoms with Crippen LogP contribution in [0.1, 0.15) is 17.5 Å². The average Bonchev–Trinajstić information content (AvgIpc) is 2.52. The third kappa shape index (κ3) is 4.80. The quantitative estimate of drug-likeness (QED) is 0.885. The highest BCUT2D eigenvalue weighted by molar-refractivity contribution is 6.31. The fourth-order valence-corrected chi connectivity index (χ4v) is 2.21. The van der Waals surface area contributed by atoms with Crippen molar-refractivity contribution in [1.82, 2.24) is 5.32 Å². The zero-order valence-corrected chi connectivity index (χ0v) is 12.7. The molecule has 0 fully saturated rings. The number of nitrogens with one attached hydrogen (secondary N) is 1. The highest BCUT2D eigenvalue weighted by atomic mass is 35.5. The number of aryl methyl sites for hydroxylation is 1. The van der Waals surface area contributed by atoms with Crippen molar-refractivity contribution >= 4 is 17.5 Å². The van der Waals surface area contributed by atoms with Gasteiger partial charge in [-0.05, 0) is 35.7 Å². The van der Waals surface area contributed by atoms with Gasteiger partial charge in [-0.2, -0.15) is 0 Å². The number of rotatable bonds is 6. The molecule has 0 saturated heterocycles. The first-order valence-corrected chi connectivity index (χ1v) is 7.20. The second kappa shape index (κ2) is 7.70. The summed E-state index contributed by atoms with van der Waals surface area (Å²) in [5.74, 6) is 0.828. The van der Waals surface area contributed by atoms with Crippen LogP contribution in [0.4, 0.5) is 0 Å². The van der Waals surface area contributed by atoms with Gasteiger partial charge in [-0.15, -0.1) is 0 Å². The summed E-state index contributed by atoms with van der Waals surface area (Å²) in [6.45, 7) is 0.519. The summed E-state index contributed by atoms with van der Waals surface area (Å²) in [6.07, 6.45) is 1.08. The predicted molar refractivity (Wildman–Crippen MR) is 84.6 cm³/mol. The Labute approximate surface area is 129 Å². The molecule has 0 bridgehead atoms. The van der Waals surface area contributed by atoms with Crippen LogP contribution in [0.25, 0.3) is 0 Å². The van der Waals surface area contributed by atoms with Crippen LogP contribution in [0.2, 0.25) is 5.02 Å². The van der Waals surface area contributed by atoms with E-state index < -0.39 is 0 Å². The number of amides is 1. The lowest BCUT2D eigenvalue weighted by Crippen LogP contribution is -2.23. The maximum absolute atomic E-state index is 11.8. The molecule has 2 aromatic rings. The van der Waals surface area contributed by atoms with Gasteiger partial charge in [0.25, 0.3) is 0 Å². The first kappa shape index (κ1) is 15.4. The molecule has 110 valence electrons. The van der Waals surface area contributed by atoms with Gasteiger partial charge in [-0.3, -0.25) is 4.79 Å². The van der Waals surface area contributed by atoms with Crippen LogP contribution in [0, 0.1) is 0 Å². The number of halogens is 1. The van der Waals surface area contributed by atoms with Gasteiger partial charge >= 0.3 is 0 Å². The smallest absolute Gasteiger partial charge is 0.220 e. The summed E-state index contributed by atoms with van der Waals surface area (Å²) in [5.41, 5.74) is 2.04. The molecule has 0 atom stereocenters. The minimum Gasteiger partial charge on any atom is -0.497 e. The van der Waals surface area contributed by atoms with Crippen LogP contribution < -0.4 is 10.1 Å². The van der Waals surface area contributed by atoms with Gasteiger partial charge in [-0.1, -0.05) is 41.9 Å². The molecule has 0 aliphatic carbocycles. The molecule has 0 radical (unpaired) electrons. The molecule has 21 heavy (non-hydrogen) atoms. The Hall–Kier alpha value is -2.00. The minimum atomic E-state index is 0.0192. The maximum Gasteiger partial charge on any atom is 0.220 e. The first-order chi connectivity index (χ1) is 10.2. The minimum absolute atomic E-state index is 0.0192. The number of ether oxygens (including phenoxy) is 1. The fraction of sp³-hybridized carbons (Fsp3) is 0.235. The number of methoxy groups -OCH3 is 1. The molecule has 0 unspecified atom stereocenters. The Morgan fingerprint density at radius 1 is 1.14 bits per heavy atom. The maximum atomic E-state index is 11.8. The molecular formula is C17H18ClNO2. The molecule has 3 nitrogen and oxygen atoms in total. The largest absolute Gasteiger partial charge is 0.497 e. The molecule has 1 amide bonds. The van der Waals surface area contributed by atoms with Crippen molar-refractivity contribution < 1.29 is 9.53 Å². The average molecular weight is 304 g/mol. The SMILES string of the molecule is COc1ccc(CNC(=O)CCc2ccccc2Cl)cc1. The third-order valence-corrected chi connectivity index (χ3v) is 3.60. The van der Waals surface area contributed by atoms with Gasteiger partial charge in [0, 0.05) is 18.0 Å². The van der Waals surface area contributed by atoms with E-state index in [1.54, 1.807) is 7.11 Å². The lowest BCUT2D eigenvalue weighted by Gasteiger charge is -2.07. The Balaban J connectivity index is 1.78. The number of carbonyl (C=O) groups is 1. The van der Waals surface area contributed by atoms with Gasteiger partial charge in [-0.25, -0.2) is 0 Å². The number of hydrogen-bond donors (Lipinski definition) is 1. The normalized spacial score (nSPS) is 10.2. The molecule has 2 aromatic carbocycles. The Bertz CT molecular complexity index is 596. The summed E-state index contributed by atoms with van der Waals surface area (Å²) < 4.78 is 5.09. The zero-order chi connectivity index (χ0) is 15.1. The molecule has 4 heteroatoms. The topological polar surface area (TPSA) is 38.3 Å². The van der Waals surface area contributed by atoms with E-state index in [1.165, 1.54) is 0 Å². The van der Waals surface area contributed by atoms with Gasteiger partial charge in [0.05, 0.1) is 7.11 Å². The predicted octanol–water partition coefficient (Wildman–Crippen LogP) is 3.60. The highest BCUT2D eigenvalue weighted by Crippen LogP contribution is 2.16. The molecule has 0 aromatic heterocycles. The van der Waals surface area contributed by atoms with Crippen molar-refractivity contribution in [1.29, 1.82) is 0 Å². The standard InChI is InChI=1S/C17H18ClNO2/c1-21-15-9-6-13(7-10-15)12-19-17(20)11-8-14-4-2-3-5-16(14)18/h2-7,9-10H,8,11-12H2,1H3,(H,19,20). The van der Waals surface area contributed by atoms with Crippen LogP contribution >= 0.6 is 11.6 Å². The van der Waals surface area contributed by atoms with E-state index in [0.717, 1.165) is 16.9 Å². The summed E-state index contributed by atoms with van der Waals surface area (Å²) in [6, 6.07) is 15.2. The third-order valence-electron chi connectivity index (χ3n) is 3.23. The monoisotopic (exact) mass is 303 g/mol. The molecular weight excluding hydrogens is 286 g/mol. The van der Waals surface area contributed by atoms with E-state index in [0.29, 0.717) is 24.4 Å². The summed E-state index contributed by atoms with van der Waals surface area (Å²) in [4.78, 5) is 11.8. The summed E-state index contributed by atoms with van der Waals surface area (Å²) in [7, 11) is 1.63. The van der Waals surface area contributed by atoms with E-state index in [4.69, 9.17) is 16.3 Å². The van der Waals surface area contributed by atoms with Gasteiger partial charge in [0.2, 0.25) is 5.91 Å². The fourth-order valence-electron chi connectivity index (χ4n) is 1.98. The molecule has 0 spiro atoms. The Morgan fingerprint density at radius 3 is 2.52 bits per heavy atom. The van der Waals surface area contributed by atoms with Crippen LogP contribution in [-0.2, 0) is 17.8 Å². The Kier molecular flexibility index (Phi) is 5.64. The van der Waals surface area contributed by atoms with E-state index >= 15 is 0 Å². The lowest BCUT2D eigenvalue weighted by atomic mass is 10.1. The van der Waals surface area contributed by atoms with Crippen molar-refractivity contribution in [3.8, 4) is 5.75 Å². The first-order valence-electron chi connectivity index (χ1n) is 6.82. The van der Waals surface area contributed by atoms with Gasteiger partial charge < -0.3 is 10.1 Å². The molecule has 0 aliphatic heterocycles. The lowest BCUT2D eigenvalue weighted by molar-refractivity contribution is -0.121. The van der Waals surface area contributed by atoms with Crippen molar-refractivity contribution in [2.24, 2.45) is 0 Å². The molecule has 0 heterocycles. The van der Waals surface area contributed by atoms with Crippen LogP contribution in [-0.4, -0.2) is 13.0 Å². The number of hydrogen-bond acceptors (Lipinski definition) is 2. The van der Waals surface area contributed by atoms with E-state index in [9.17, 15) is 4.79 Å². The number of benzene rings is 2. The summed E-state index contributed by atoms with van der Waals surface area (Å²) >= 11 is 6.07. The van der Waals surface area contributed by atoms with E-state index in [2.05, 4.69) is 5.32 Å². The molecule has 2 rings (SSSR count). The molecule has 1 N–H and O–H groups in total. The van der Waals surface area contributed by atoms with Crippen molar-refractivity contribution in [3.05, 3.63) is 64.7 Å². The molecule has 0 saturated carbocycles. The highest BCUT2D eigenvalue weighted by Gasteiger charge is 2.05. The van der Waals surface area contributed by atoms with Crippen molar-refractivity contribution in [2.45, 2.75) is 19.4 Å². The van der Waals surface area contributed by atoms with Gasteiger partial charge in [0.1, 0.15) is 5.75 Å². The Morgan fingerprint density at radius 2 is 1.86 bits per heavy atom. The second-order valence-electron chi connectivity index (χ2n) is 4.72. The van der Waals surface area contributed by atoms with Gasteiger partial charge in [0.15, 0.2) is 0 Å². The van der Waals surface area contributed by atoms with Crippen LogP contribution in [0.15, 0.2) is 48.5 Å². The van der Waals surface area contributed by atoms with Crippen LogP contribution in [0.3, 0.4) is 0 Å². The van der Waals surface area contributed by atoms with Crippen molar-refractivity contribution in [3.63, 3.8) is 0 Å². The van der Waals surface area contributed by atoms with E-state index in [-0.39, 0.29) is 5.91 Å². The van der Waals surface area contributed by atoms with Crippen LogP contribution in [0.5, 0.6) is 5.75 Å². The van der Waals surface area contributed by atoms with Crippen molar-refractivity contribution in [2.75, 3.05) is 7.11 Å². The summed E-state index contributed by atoms with van der Waals surface area (Å²) in [5, 5.41) is 3.61. The molecule has 0 aliphatic rings.